The number of thiol groups is 1. The van der Waals surface area contributed by atoms with E-state index in [-0.39, 0.29) is 5.91 Å². The highest BCUT2D eigenvalue weighted by atomic mass is 35.5. The van der Waals surface area contributed by atoms with Gasteiger partial charge in [0, 0.05) is 11.4 Å². The van der Waals surface area contributed by atoms with Crippen molar-refractivity contribution in [1.82, 2.24) is 5.32 Å². The maximum Gasteiger partial charge on any atom is 0.252 e. The Morgan fingerprint density at radius 2 is 2.20 bits per heavy atom. The van der Waals surface area contributed by atoms with Gasteiger partial charge in [0.15, 0.2) is 0 Å². The van der Waals surface area contributed by atoms with Gasteiger partial charge >= 0.3 is 0 Å². The second-order valence-electron chi connectivity index (χ2n) is 3.77. The van der Waals surface area contributed by atoms with Crippen LogP contribution in [0, 0.1) is 5.92 Å². The van der Waals surface area contributed by atoms with Crippen LogP contribution in [0.1, 0.15) is 24.2 Å². The minimum atomic E-state index is -0.149. The van der Waals surface area contributed by atoms with Crippen LogP contribution in [0.2, 0.25) is 5.02 Å². The van der Waals surface area contributed by atoms with Crippen molar-refractivity contribution in [1.29, 1.82) is 0 Å². The molecule has 0 aliphatic carbocycles. The monoisotopic (exact) mass is 243 g/mol. The molecule has 0 saturated heterocycles. The van der Waals surface area contributed by atoms with Crippen molar-refractivity contribution in [2.75, 3.05) is 6.54 Å². The molecular formula is C11H14ClNOS. The highest BCUT2D eigenvalue weighted by Gasteiger charge is 2.10. The molecule has 0 fully saturated rings. The fourth-order valence-corrected chi connectivity index (χ4v) is 1.49. The molecule has 0 aliphatic heterocycles. The van der Waals surface area contributed by atoms with Crippen molar-refractivity contribution >= 4 is 30.1 Å². The van der Waals surface area contributed by atoms with Gasteiger partial charge in [-0.2, -0.15) is 0 Å². The fourth-order valence-electron chi connectivity index (χ4n) is 1.08. The lowest BCUT2D eigenvalue weighted by Gasteiger charge is -2.09. The van der Waals surface area contributed by atoms with Gasteiger partial charge in [-0.15, -0.1) is 12.6 Å². The van der Waals surface area contributed by atoms with Gasteiger partial charge in [0.2, 0.25) is 0 Å². The molecule has 0 aliphatic rings. The zero-order valence-electron chi connectivity index (χ0n) is 8.75. The van der Waals surface area contributed by atoms with Gasteiger partial charge in [-0.05, 0) is 24.1 Å². The van der Waals surface area contributed by atoms with Crippen molar-refractivity contribution in [2.24, 2.45) is 5.92 Å². The number of amides is 1. The van der Waals surface area contributed by atoms with Crippen LogP contribution in [0.4, 0.5) is 0 Å². The number of benzene rings is 1. The summed E-state index contributed by atoms with van der Waals surface area (Å²) in [5, 5.41) is 3.26. The molecule has 0 saturated carbocycles. The number of hydrogen-bond donors (Lipinski definition) is 2. The summed E-state index contributed by atoms with van der Waals surface area (Å²) in [6.07, 6.45) is 0. The normalized spacial score (nSPS) is 10.5. The molecule has 4 heteroatoms. The van der Waals surface area contributed by atoms with Crippen LogP contribution in [0.3, 0.4) is 0 Å². The molecule has 1 N–H and O–H groups in total. The van der Waals surface area contributed by atoms with Crippen LogP contribution in [-0.4, -0.2) is 12.5 Å². The first-order chi connectivity index (χ1) is 7.00. The molecule has 0 atom stereocenters. The lowest BCUT2D eigenvalue weighted by molar-refractivity contribution is 0.0949. The van der Waals surface area contributed by atoms with Crippen LogP contribution in [-0.2, 0) is 0 Å². The zero-order chi connectivity index (χ0) is 11.4. The maximum absolute atomic E-state index is 11.7. The molecule has 1 rings (SSSR count). The zero-order valence-corrected chi connectivity index (χ0v) is 10.4. The van der Waals surface area contributed by atoms with Gasteiger partial charge in [-0.25, -0.2) is 0 Å². The third kappa shape index (κ3) is 3.76. The summed E-state index contributed by atoms with van der Waals surface area (Å²) in [6, 6.07) is 5.10. The van der Waals surface area contributed by atoms with Gasteiger partial charge in [0.25, 0.3) is 5.91 Å². The first-order valence-corrected chi connectivity index (χ1v) is 5.60. The molecule has 0 bridgehead atoms. The molecule has 2 nitrogen and oxygen atoms in total. The smallest absolute Gasteiger partial charge is 0.252 e. The van der Waals surface area contributed by atoms with E-state index in [0.29, 0.717) is 23.0 Å². The second-order valence-corrected chi connectivity index (χ2v) is 4.69. The Labute approximate surface area is 100 Å². The average molecular weight is 244 g/mol. The molecule has 1 aromatic carbocycles. The number of halogens is 1. The third-order valence-electron chi connectivity index (χ3n) is 1.87. The second kappa shape index (κ2) is 5.42. The Bertz CT molecular complexity index is 366. The van der Waals surface area contributed by atoms with Crippen molar-refractivity contribution in [3.63, 3.8) is 0 Å². The van der Waals surface area contributed by atoms with Crippen molar-refractivity contribution in [2.45, 2.75) is 18.7 Å². The Kier molecular flexibility index (Phi) is 4.48. The highest BCUT2D eigenvalue weighted by Crippen LogP contribution is 2.19. The Morgan fingerprint density at radius 3 is 2.80 bits per heavy atom. The van der Waals surface area contributed by atoms with Crippen molar-refractivity contribution in [3.05, 3.63) is 28.8 Å². The maximum atomic E-state index is 11.7. The van der Waals surface area contributed by atoms with Crippen LogP contribution >= 0.6 is 24.2 Å². The van der Waals surface area contributed by atoms with Crippen LogP contribution in [0.5, 0.6) is 0 Å². The highest BCUT2D eigenvalue weighted by molar-refractivity contribution is 7.80. The van der Waals surface area contributed by atoms with Gasteiger partial charge in [-0.3, -0.25) is 4.79 Å². The van der Waals surface area contributed by atoms with Gasteiger partial charge in [0.05, 0.1) is 10.6 Å². The molecule has 82 valence electrons. The van der Waals surface area contributed by atoms with E-state index in [1.54, 1.807) is 18.2 Å². The number of hydrogen-bond acceptors (Lipinski definition) is 2. The van der Waals surface area contributed by atoms with E-state index in [1.807, 2.05) is 13.8 Å². The molecule has 1 amide bonds. The van der Waals surface area contributed by atoms with E-state index < -0.39 is 0 Å². The summed E-state index contributed by atoms with van der Waals surface area (Å²) in [7, 11) is 0. The van der Waals surface area contributed by atoms with E-state index in [4.69, 9.17) is 11.6 Å². The van der Waals surface area contributed by atoms with Gasteiger partial charge in [-0.1, -0.05) is 25.4 Å². The molecular weight excluding hydrogens is 230 g/mol. The molecule has 0 unspecified atom stereocenters. The minimum Gasteiger partial charge on any atom is -0.352 e. The Balaban J connectivity index is 2.77. The predicted molar refractivity (Wildman–Crippen MR) is 65.9 cm³/mol. The number of carbonyl (C=O) groups is 1. The topological polar surface area (TPSA) is 29.1 Å². The first kappa shape index (κ1) is 12.4. The Hall–Kier alpha value is -0.670. The molecule has 1 aromatic rings. The number of nitrogens with one attached hydrogen (secondary N) is 1. The van der Waals surface area contributed by atoms with E-state index in [2.05, 4.69) is 17.9 Å². The Morgan fingerprint density at radius 1 is 1.53 bits per heavy atom. The van der Waals surface area contributed by atoms with Gasteiger partial charge < -0.3 is 5.32 Å². The standard InChI is InChI=1S/C11H14ClNOS/c1-7(2)6-13-11(14)9-5-8(15)3-4-10(9)12/h3-5,7,15H,6H2,1-2H3,(H,13,14). The molecule has 0 radical (unpaired) electrons. The first-order valence-electron chi connectivity index (χ1n) is 4.77. The summed E-state index contributed by atoms with van der Waals surface area (Å²) in [5.41, 5.74) is 0.477. The van der Waals surface area contributed by atoms with E-state index >= 15 is 0 Å². The van der Waals surface area contributed by atoms with E-state index in [9.17, 15) is 4.79 Å². The van der Waals surface area contributed by atoms with Gasteiger partial charge in [0.1, 0.15) is 0 Å². The number of carbonyl (C=O) groups excluding carboxylic acids is 1. The predicted octanol–water partition coefficient (Wildman–Crippen LogP) is 3.01. The van der Waals surface area contributed by atoms with Crippen LogP contribution in [0.25, 0.3) is 0 Å². The van der Waals surface area contributed by atoms with Crippen LogP contribution < -0.4 is 5.32 Å². The minimum absolute atomic E-state index is 0.149. The summed E-state index contributed by atoms with van der Waals surface area (Å²) < 4.78 is 0. The van der Waals surface area contributed by atoms with Crippen molar-refractivity contribution < 1.29 is 4.79 Å². The molecule has 0 heterocycles. The summed E-state index contributed by atoms with van der Waals surface area (Å²) >= 11 is 10.1. The summed E-state index contributed by atoms with van der Waals surface area (Å²) in [5.74, 6) is 0.275. The lowest BCUT2D eigenvalue weighted by Crippen LogP contribution is -2.27. The summed E-state index contributed by atoms with van der Waals surface area (Å²) in [6.45, 7) is 4.72. The van der Waals surface area contributed by atoms with Crippen molar-refractivity contribution in [3.8, 4) is 0 Å². The van der Waals surface area contributed by atoms with E-state index in [0.717, 1.165) is 4.90 Å². The average Bonchev–Trinajstić information content (AvgIpc) is 2.18. The van der Waals surface area contributed by atoms with Crippen LogP contribution in [0.15, 0.2) is 23.1 Å². The number of rotatable bonds is 3. The summed E-state index contributed by atoms with van der Waals surface area (Å²) in [4.78, 5) is 12.4. The fraction of sp³-hybridized carbons (Fsp3) is 0.364. The lowest BCUT2D eigenvalue weighted by atomic mass is 10.2. The SMILES string of the molecule is CC(C)CNC(=O)c1cc(S)ccc1Cl. The third-order valence-corrected chi connectivity index (χ3v) is 2.47. The molecule has 0 aromatic heterocycles. The largest absolute Gasteiger partial charge is 0.352 e. The van der Waals surface area contributed by atoms with E-state index in [1.165, 1.54) is 0 Å². The molecule has 0 spiro atoms. The quantitative estimate of drug-likeness (QED) is 0.786. The molecule has 15 heavy (non-hydrogen) atoms.